The van der Waals surface area contributed by atoms with Gasteiger partial charge in [0.1, 0.15) is 34.3 Å². The van der Waals surface area contributed by atoms with Gasteiger partial charge in [0.15, 0.2) is 32.4 Å². The number of carbonyl (C=O) groups is 4. The van der Waals surface area contributed by atoms with Gasteiger partial charge in [-0.25, -0.2) is 0 Å². The maximum atomic E-state index is 14.6. The molecule has 4 amide bonds. The number of thiophene rings is 2. The molecule has 0 bridgehead atoms. The van der Waals surface area contributed by atoms with Gasteiger partial charge in [0, 0.05) is 31.1 Å². The van der Waals surface area contributed by atoms with Crippen molar-refractivity contribution >= 4 is 122 Å². The van der Waals surface area contributed by atoms with Crippen molar-refractivity contribution in [2.45, 2.75) is 194 Å². The van der Waals surface area contributed by atoms with E-state index in [0.29, 0.717) is 127 Å². The molecule has 4 aliphatic rings. The molecular weight excluding hydrogens is 1420 g/mol. The quantitative estimate of drug-likeness (QED) is 0.0407. The van der Waals surface area contributed by atoms with E-state index in [1.165, 1.54) is 9.75 Å². The first kappa shape index (κ1) is 72.0. The molecule has 12 nitrogen and oxygen atoms in total. The van der Waals surface area contributed by atoms with E-state index >= 15 is 0 Å². The third-order valence-electron chi connectivity index (χ3n) is 18.2. The molecule has 0 aliphatic carbocycles. The van der Waals surface area contributed by atoms with Crippen LogP contribution < -0.4 is 2.89 Å². The Balaban J connectivity index is 0.000000204. The minimum absolute atomic E-state index is 0.133. The summed E-state index contributed by atoms with van der Waals surface area (Å²) in [6, 6.07) is 23.6. The maximum absolute atomic E-state index is 14.6. The number of furan rings is 4. The number of amides is 4. The Kier molecular flexibility index (Phi) is 26.1. The van der Waals surface area contributed by atoms with Crippen LogP contribution in [0.5, 0.6) is 0 Å². The zero-order valence-corrected chi connectivity index (χ0v) is 64.2. The third kappa shape index (κ3) is 16.8. The molecule has 0 aromatic carbocycles. The van der Waals surface area contributed by atoms with E-state index in [4.69, 9.17) is 17.7 Å². The van der Waals surface area contributed by atoms with E-state index < -0.39 is 18.4 Å². The van der Waals surface area contributed by atoms with Crippen LogP contribution in [0.3, 0.4) is 0 Å². The van der Waals surface area contributed by atoms with E-state index in [9.17, 15) is 19.2 Å². The number of nitrogens with zero attached hydrogens (tertiary/aromatic N) is 4. The van der Waals surface area contributed by atoms with E-state index in [1.807, 2.05) is 64.5 Å². The van der Waals surface area contributed by atoms with Crippen molar-refractivity contribution < 1.29 is 36.8 Å². The van der Waals surface area contributed by atoms with Crippen LogP contribution in [0.1, 0.15) is 197 Å². The van der Waals surface area contributed by atoms with E-state index in [-0.39, 0.29) is 23.6 Å². The third-order valence-corrected chi connectivity index (χ3v) is 30.5. The molecule has 4 aliphatic heterocycles. The summed E-state index contributed by atoms with van der Waals surface area (Å²) >= 11 is 8.80. The van der Waals surface area contributed by atoms with Crippen molar-refractivity contribution in [2.24, 2.45) is 23.7 Å². The zero-order chi connectivity index (χ0) is 65.8. The van der Waals surface area contributed by atoms with Gasteiger partial charge in [0.05, 0.1) is 27.2 Å². The first-order valence-electron chi connectivity index (χ1n) is 33.7. The molecule has 0 saturated heterocycles. The normalized spacial score (nSPS) is 16.4. The molecular formula is C74H98Br2N4O8S2Sn. The second kappa shape index (κ2) is 33.0. The molecule has 0 saturated carbocycles. The summed E-state index contributed by atoms with van der Waals surface area (Å²) in [6.45, 7) is 25.8. The van der Waals surface area contributed by atoms with Crippen LogP contribution in [-0.2, 0) is 19.2 Å². The molecule has 17 heteroatoms. The first-order chi connectivity index (χ1) is 43.6. The van der Waals surface area contributed by atoms with Crippen molar-refractivity contribution in [3.63, 3.8) is 0 Å². The average molecular weight is 1510 g/mol. The number of hydrogen-bond donors (Lipinski definition) is 0. The number of unbranched alkanes of at least 4 members (excludes halogenated alkanes) is 4. The molecule has 4 atom stereocenters. The van der Waals surface area contributed by atoms with Crippen molar-refractivity contribution in [2.75, 3.05) is 26.2 Å². The predicted octanol–water partition coefficient (Wildman–Crippen LogP) is 20.7. The number of hydrogen-bond acceptors (Lipinski definition) is 10. The van der Waals surface area contributed by atoms with Gasteiger partial charge in [0.25, 0.3) is 23.6 Å². The molecule has 0 fully saturated rings. The van der Waals surface area contributed by atoms with Gasteiger partial charge in [-0.1, -0.05) is 132 Å². The number of rotatable bonds is 30. The van der Waals surface area contributed by atoms with Gasteiger partial charge < -0.3 is 37.3 Å². The van der Waals surface area contributed by atoms with Crippen molar-refractivity contribution in [1.29, 1.82) is 0 Å². The molecule has 4 unspecified atom stereocenters. The molecule has 91 heavy (non-hydrogen) atoms. The van der Waals surface area contributed by atoms with Gasteiger partial charge in [0.2, 0.25) is 0 Å². The molecule has 0 spiro atoms. The van der Waals surface area contributed by atoms with Gasteiger partial charge in [-0.05, 0) is 156 Å². The summed E-state index contributed by atoms with van der Waals surface area (Å²) in [7, 11) is 0. The van der Waals surface area contributed by atoms with Crippen LogP contribution in [0.2, 0.25) is 14.8 Å². The van der Waals surface area contributed by atoms with Gasteiger partial charge in [-0.15, -0.1) is 11.3 Å². The number of halogens is 2. The molecule has 0 N–H and O–H groups in total. The second-order valence-corrected chi connectivity index (χ2v) is 45.6. The standard InChI is InChI=1S/C36H46N2O4S.C30H38Br2N2O4.C5H5S.3CH3.Sn/c1-7-11-13-25(9-3)21-37-33(28-17-15-23(5)41-28)31-32(36(37)40)34(38(35(31)39)22-26(10-4)14-12-8-2)29-19-18-27(42-29)30-20-16-24(6)43-30;1-5-9-11-19(7-3)17-33-27(21-13-15-23(31)37-21)25-26(29(33)35)28(22-14-16-24(32)38-22)34(30(25)36)18-20(8-4)12-10-6-2;1-5-3-2-4-6-5;;;;/h15-20,25-26H,7-14,21-22H2,1-6H3;13-16,19-20H,5-12,17-18H2,1-4H3;2-3H,1H3;3*1H3;. The van der Waals surface area contributed by atoms with Crippen molar-refractivity contribution in [3.8, 4) is 10.6 Å². The van der Waals surface area contributed by atoms with E-state index in [0.717, 1.165) is 119 Å². The fourth-order valence-electron chi connectivity index (χ4n) is 12.7. The summed E-state index contributed by atoms with van der Waals surface area (Å²) in [5, 5.41) is 0. The van der Waals surface area contributed by atoms with Gasteiger partial charge >= 0.3 is 71.4 Å². The van der Waals surface area contributed by atoms with Crippen LogP contribution in [-0.4, -0.2) is 87.8 Å². The summed E-state index contributed by atoms with van der Waals surface area (Å²) < 4.78 is 27.4. The molecule has 10 rings (SSSR count). The minimum atomic E-state index is -1.67. The molecule has 0 radical (unpaired) electrons. The monoisotopic (exact) mass is 1510 g/mol. The summed E-state index contributed by atoms with van der Waals surface area (Å²) in [5.74, 6) is 4.43. The van der Waals surface area contributed by atoms with Crippen molar-refractivity contribution in [3.05, 3.63) is 143 Å². The number of fused-ring (bicyclic) bond motifs is 2. The molecule has 492 valence electrons. The fraction of sp³-hybridized carbons (Fsp3) is 0.514. The Labute approximate surface area is 571 Å². The Morgan fingerprint density at radius 3 is 0.978 bits per heavy atom. The SMILES string of the molecule is CCCCC(CC)CN1C(=O)C2=C(c3ccc(-c4ccc(C)s4)o3)N(CC(CC)CCCC)C(=O)C2=C1c1ccc(C)o1.CCCCC(CC)CN1C(=O)C2=C(c3ccc(Br)o3)N(CC(CC)CCCC)C(=O)C2=C1c1ccc(Br)o1.Cc1cc[c]([Sn]([CH3])([CH3])[CH3])s1. The van der Waals surface area contributed by atoms with E-state index in [1.54, 1.807) is 36.2 Å². The molecule has 10 heterocycles. The van der Waals surface area contributed by atoms with Gasteiger partial charge in [-0.2, -0.15) is 0 Å². The van der Waals surface area contributed by atoms with Crippen LogP contribution in [0.4, 0.5) is 0 Å². The summed E-state index contributed by atoms with van der Waals surface area (Å²) in [5.41, 5.74) is 4.11. The topological polar surface area (TPSA) is 134 Å². The summed E-state index contributed by atoms with van der Waals surface area (Å²) in [4.78, 5) is 75.9. The van der Waals surface area contributed by atoms with Crippen LogP contribution in [0.25, 0.3) is 33.4 Å². The Hall–Kier alpha value is -4.88. The predicted molar refractivity (Wildman–Crippen MR) is 383 cm³/mol. The van der Waals surface area contributed by atoms with Gasteiger partial charge in [-0.3, -0.25) is 19.2 Å². The van der Waals surface area contributed by atoms with E-state index in [2.05, 4.69) is 140 Å². The number of aryl methyl sites for hydroxylation is 3. The Morgan fingerprint density at radius 2 is 0.714 bits per heavy atom. The number of carbonyl (C=O) groups excluding carboxylic acids is 4. The molecule has 6 aromatic heterocycles. The zero-order valence-electron chi connectivity index (χ0n) is 56.5. The first-order valence-corrected chi connectivity index (χ1v) is 46.9. The fourth-order valence-corrected chi connectivity index (χ4v) is 20.7. The molecule has 6 aromatic rings. The van der Waals surface area contributed by atoms with Crippen molar-refractivity contribution in [1.82, 2.24) is 19.6 Å². The average Bonchev–Trinajstić information content (AvgIpc) is 1.56. The van der Waals surface area contributed by atoms with Crippen LogP contribution >= 0.6 is 54.5 Å². The second-order valence-electron chi connectivity index (χ2n) is 26.1. The van der Waals surface area contributed by atoms with Crippen LogP contribution in [0.15, 0.2) is 122 Å². The summed E-state index contributed by atoms with van der Waals surface area (Å²) in [6.07, 6.45) is 16.9. The Bertz CT molecular complexity index is 3520. The Morgan fingerprint density at radius 1 is 0.396 bits per heavy atom. The van der Waals surface area contributed by atoms with Crippen LogP contribution in [0, 0.1) is 44.4 Å².